The minimum Gasteiger partial charge on any atom is -0.478 e. The summed E-state index contributed by atoms with van der Waals surface area (Å²) in [6, 6.07) is -1.12. The molecule has 1 saturated heterocycles. The van der Waals surface area contributed by atoms with Gasteiger partial charge in [0, 0.05) is 24.1 Å². The number of nitrogens with zero attached hydrogens (tertiary/aromatic N) is 5. The van der Waals surface area contributed by atoms with Gasteiger partial charge < -0.3 is 42.9 Å². The van der Waals surface area contributed by atoms with Crippen LogP contribution in [-0.2, 0) is 35.4 Å². The predicted octanol–water partition coefficient (Wildman–Crippen LogP) is -1.14. The summed E-state index contributed by atoms with van der Waals surface area (Å²) in [5.74, 6) is -4.26. The normalized spacial score (nSPS) is 18.2. The molecule has 18 nitrogen and oxygen atoms in total. The highest BCUT2D eigenvalue weighted by molar-refractivity contribution is 8.00. The minimum atomic E-state index is -1.79. The molecule has 4 heterocycles. The Bertz CT molecular complexity index is 1670. The van der Waals surface area contributed by atoms with Crippen molar-refractivity contribution in [2.24, 2.45) is 10.9 Å². The molecule has 0 aliphatic carbocycles. The summed E-state index contributed by atoms with van der Waals surface area (Å²) in [7, 11) is 0. The summed E-state index contributed by atoms with van der Waals surface area (Å²) < 4.78 is 1.61. The molecule has 2 aromatic rings. The molecule has 1 fully saturated rings. The number of fused-ring (bicyclic) bond motifs is 1. The van der Waals surface area contributed by atoms with Gasteiger partial charge in [-0.3, -0.25) is 19.3 Å². The molecule has 20 heteroatoms. The fraction of sp³-hybridized carbons (Fsp3) is 0.346. The van der Waals surface area contributed by atoms with Crippen LogP contribution in [0.2, 0.25) is 0 Å². The number of rotatable bonds is 13. The predicted molar refractivity (Wildman–Crippen MR) is 166 cm³/mol. The van der Waals surface area contributed by atoms with E-state index in [1.54, 1.807) is 22.9 Å². The highest BCUT2D eigenvalue weighted by Gasteiger charge is 2.54. The fourth-order valence-electron chi connectivity index (χ4n) is 4.11. The summed E-state index contributed by atoms with van der Waals surface area (Å²) in [5.41, 5.74) is 15.1. The average Bonchev–Trinajstić information content (AvgIpc) is 3.42. The van der Waals surface area contributed by atoms with Crippen LogP contribution >= 0.6 is 23.1 Å². The molecular formula is C26H31N10O8S2+. The maximum absolute atomic E-state index is 13.2. The summed E-state index contributed by atoms with van der Waals surface area (Å²) >= 11 is 2.24. The van der Waals surface area contributed by atoms with Crippen LogP contribution < -0.4 is 32.4 Å². The molecule has 4 rings (SSSR count). The molecule has 0 bridgehead atoms. The van der Waals surface area contributed by atoms with Crippen LogP contribution in [0.5, 0.6) is 0 Å². The number of amides is 3. The Hall–Kier alpha value is -5.08. The number of oxime groups is 1. The van der Waals surface area contributed by atoms with Crippen LogP contribution in [0.4, 0.5) is 16.6 Å². The van der Waals surface area contributed by atoms with Crippen molar-refractivity contribution < 1.29 is 43.6 Å². The van der Waals surface area contributed by atoms with Crippen LogP contribution in [-0.4, -0.2) is 89.8 Å². The molecule has 3 amide bonds. The van der Waals surface area contributed by atoms with Crippen molar-refractivity contribution in [1.29, 1.82) is 0 Å². The van der Waals surface area contributed by atoms with E-state index < -0.39 is 46.5 Å². The zero-order valence-electron chi connectivity index (χ0n) is 24.5. The van der Waals surface area contributed by atoms with Crippen molar-refractivity contribution in [2.75, 3.05) is 29.1 Å². The van der Waals surface area contributed by atoms with Gasteiger partial charge in [0.25, 0.3) is 24.0 Å². The lowest BCUT2D eigenvalue weighted by Crippen LogP contribution is -2.71. The molecular weight excluding hydrogens is 644 g/mol. The lowest BCUT2D eigenvalue weighted by atomic mass is 10.0. The number of aliphatic carboxylic acids is 2. The summed E-state index contributed by atoms with van der Waals surface area (Å²) in [4.78, 5) is 76.3. The smallest absolute Gasteiger partial charge is 0.352 e. The van der Waals surface area contributed by atoms with Gasteiger partial charge >= 0.3 is 11.9 Å². The molecule has 244 valence electrons. The Morgan fingerprint density at radius 2 is 2.02 bits per heavy atom. The number of hydrogen-bond donors (Lipinski definition) is 7. The first-order valence-corrected chi connectivity index (χ1v) is 15.4. The number of carboxylic acids is 2. The van der Waals surface area contributed by atoms with Gasteiger partial charge in [-0.05, 0) is 30.5 Å². The SMILES string of the molecule is CC(C)(O/N=C(\C(=O)N[C@@H]1C(=O)N2C(C(=O)O)=C(/C=C/C[n+]3cnc(N)c(NC(=O)CCN)c3)CS[C@H]12)c1csc(N)n1)C(=O)O. The number of carboxylic acid groups (broad SMARTS) is 2. The number of nitrogen functional groups attached to an aromatic ring is 2. The molecule has 2 aliphatic rings. The van der Waals surface area contributed by atoms with E-state index >= 15 is 0 Å². The van der Waals surface area contributed by atoms with E-state index in [4.69, 9.17) is 22.0 Å². The van der Waals surface area contributed by atoms with Crippen molar-refractivity contribution in [3.05, 3.63) is 47.0 Å². The van der Waals surface area contributed by atoms with E-state index in [2.05, 4.69) is 25.8 Å². The van der Waals surface area contributed by atoms with Gasteiger partial charge in [-0.1, -0.05) is 11.2 Å². The van der Waals surface area contributed by atoms with Crippen molar-refractivity contribution >= 4 is 75.1 Å². The Morgan fingerprint density at radius 3 is 2.65 bits per heavy atom. The monoisotopic (exact) mass is 675 g/mol. The quantitative estimate of drug-likeness (QED) is 0.0572. The Kier molecular flexibility index (Phi) is 10.2. The van der Waals surface area contributed by atoms with Crippen LogP contribution in [0, 0.1) is 0 Å². The third-order valence-corrected chi connectivity index (χ3v) is 8.52. The molecule has 2 aliphatic heterocycles. The van der Waals surface area contributed by atoms with Gasteiger partial charge in [0.15, 0.2) is 16.5 Å². The van der Waals surface area contributed by atoms with E-state index in [-0.39, 0.29) is 53.5 Å². The zero-order valence-corrected chi connectivity index (χ0v) is 26.1. The molecule has 0 radical (unpaired) electrons. The number of carbonyl (C=O) groups is 5. The molecule has 0 unspecified atom stereocenters. The lowest BCUT2D eigenvalue weighted by molar-refractivity contribution is -0.689. The number of allylic oxidation sites excluding steroid dienone is 2. The molecule has 10 N–H and O–H groups in total. The van der Waals surface area contributed by atoms with Gasteiger partial charge in [0.2, 0.25) is 11.5 Å². The Labute approximate surface area is 269 Å². The first-order valence-electron chi connectivity index (χ1n) is 13.5. The summed E-state index contributed by atoms with van der Waals surface area (Å²) in [6.07, 6.45) is 6.34. The first kappa shape index (κ1) is 33.8. The molecule has 2 atom stereocenters. The minimum absolute atomic E-state index is 0.00103. The van der Waals surface area contributed by atoms with E-state index in [0.29, 0.717) is 11.3 Å². The third-order valence-electron chi connectivity index (χ3n) is 6.54. The standard InChI is InChI=1S/C26H30N10O8S2/c1-26(2,24(42)43)44-34-16(14-10-46-25(29)32-14)20(38)33-17-21(39)36-18(23(40)41)12(9-45-22(17)36)4-3-7-35-8-13(19(28)30-11-35)31-15(37)5-6-27/h3-4,8,10-11,17,22,28H,5-7,9,27H2,1-2H3,(H6,29,31,32,33,37,38,40,41,42,43)/p+1/b4-3+,34-16-/t17-,22-/m1/s1. The fourth-order valence-corrected chi connectivity index (χ4v) is 5.97. The maximum Gasteiger partial charge on any atom is 0.352 e. The largest absolute Gasteiger partial charge is 0.478 e. The third kappa shape index (κ3) is 7.41. The van der Waals surface area contributed by atoms with Gasteiger partial charge in [-0.2, -0.15) is 0 Å². The van der Waals surface area contributed by atoms with E-state index in [9.17, 15) is 34.2 Å². The number of thiazole rings is 1. The molecule has 0 spiro atoms. The number of thioether (sulfide) groups is 1. The van der Waals surface area contributed by atoms with Crippen molar-refractivity contribution in [2.45, 2.75) is 43.8 Å². The van der Waals surface area contributed by atoms with Crippen LogP contribution in [0.15, 0.2) is 46.5 Å². The van der Waals surface area contributed by atoms with E-state index in [1.165, 1.54) is 37.3 Å². The molecule has 46 heavy (non-hydrogen) atoms. The topological polar surface area (TPSA) is 282 Å². The summed E-state index contributed by atoms with van der Waals surface area (Å²) in [6.45, 7) is 2.86. The van der Waals surface area contributed by atoms with Gasteiger partial charge in [0.1, 0.15) is 35.5 Å². The second kappa shape index (κ2) is 13.9. The number of hydrogen-bond acceptors (Lipinski definition) is 14. The highest BCUT2D eigenvalue weighted by Crippen LogP contribution is 2.40. The number of anilines is 3. The number of nitrogens with one attached hydrogen (secondary N) is 2. The Morgan fingerprint density at radius 1 is 1.28 bits per heavy atom. The zero-order chi connectivity index (χ0) is 33.8. The second-order valence-electron chi connectivity index (χ2n) is 10.3. The maximum atomic E-state index is 13.2. The number of aromatic nitrogens is 3. The molecule has 0 aromatic carbocycles. The number of β-lactam (4-membered cyclic amide) rings is 1. The van der Waals surface area contributed by atoms with Crippen molar-refractivity contribution in [1.82, 2.24) is 20.2 Å². The van der Waals surface area contributed by atoms with Gasteiger partial charge in [-0.25, -0.2) is 19.1 Å². The average molecular weight is 676 g/mol. The number of carbonyl (C=O) groups excluding carboxylic acids is 3. The van der Waals surface area contributed by atoms with Crippen LogP contribution in [0.25, 0.3) is 0 Å². The van der Waals surface area contributed by atoms with Gasteiger partial charge in [0.05, 0.1) is 0 Å². The molecule has 2 aromatic heterocycles. The number of nitrogens with two attached hydrogens (primary N) is 3. The molecule has 0 saturated carbocycles. The summed E-state index contributed by atoms with van der Waals surface area (Å²) in [5, 5.41) is 29.0. The van der Waals surface area contributed by atoms with Gasteiger partial charge in [-0.15, -0.1) is 23.1 Å². The first-order chi connectivity index (χ1) is 21.7. The van der Waals surface area contributed by atoms with Crippen molar-refractivity contribution in [3.8, 4) is 0 Å². The second-order valence-corrected chi connectivity index (χ2v) is 12.3. The lowest BCUT2D eigenvalue weighted by Gasteiger charge is -2.49. The van der Waals surface area contributed by atoms with Crippen LogP contribution in [0.1, 0.15) is 26.0 Å². The van der Waals surface area contributed by atoms with E-state index in [1.807, 2.05) is 0 Å². The van der Waals surface area contributed by atoms with E-state index in [0.717, 1.165) is 16.2 Å². The van der Waals surface area contributed by atoms with Crippen molar-refractivity contribution in [3.63, 3.8) is 0 Å². The highest BCUT2D eigenvalue weighted by atomic mass is 32.2. The Balaban J connectivity index is 1.49. The van der Waals surface area contributed by atoms with Crippen LogP contribution in [0.3, 0.4) is 0 Å².